The summed E-state index contributed by atoms with van der Waals surface area (Å²) in [6.07, 6.45) is 10.4. The van der Waals surface area contributed by atoms with Crippen LogP contribution in [0.5, 0.6) is 5.88 Å². The third-order valence-electron chi connectivity index (χ3n) is 7.97. The molecule has 5 aliphatic rings. The van der Waals surface area contributed by atoms with Crippen molar-refractivity contribution in [2.75, 3.05) is 13.2 Å². The molecule has 3 atom stereocenters. The van der Waals surface area contributed by atoms with Gasteiger partial charge < -0.3 is 19.9 Å². The number of ether oxygens (including phenoxy) is 2. The highest BCUT2D eigenvalue weighted by molar-refractivity contribution is 5.96. The summed E-state index contributed by atoms with van der Waals surface area (Å²) in [6.45, 7) is 5.63. The Bertz CT molecular complexity index is 822. The summed E-state index contributed by atoms with van der Waals surface area (Å²) in [5.41, 5.74) is -0.0851. The lowest BCUT2D eigenvalue weighted by atomic mass is 9.52. The van der Waals surface area contributed by atoms with E-state index in [1.165, 1.54) is 0 Å². The standard InChI is InChI=1S/C25H37N3O4/c1-15(2)32-24-20(13-26-21(27-24)5-3-4-16-6-7-31-14-16)23(29)28-22-18-8-17-9-19(22)12-25(30,10-17)11-18/h13,15-19,22,30H,3-12,14H2,1-2H3,(H,28,29). The molecule has 6 rings (SSSR count). The molecule has 4 saturated carbocycles. The van der Waals surface area contributed by atoms with Gasteiger partial charge in [0.1, 0.15) is 11.4 Å². The first kappa shape index (κ1) is 22.1. The first-order chi connectivity index (χ1) is 15.4. The molecule has 1 aromatic heterocycles. The fourth-order valence-corrected chi connectivity index (χ4v) is 6.80. The fourth-order valence-electron chi connectivity index (χ4n) is 6.80. The molecule has 3 unspecified atom stereocenters. The van der Waals surface area contributed by atoms with E-state index >= 15 is 0 Å². The topological polar surface area (TPSA) is 93.6 Å². The average molecular weight is 444 g/mol. The number of aliphatic hydroxyl groups is 1. The van der Waals surface area contributed by atoms with Crippen molar-refractivity contribution in [2.24, 2.45) is 23.7 Å². The Hall–Kier alpha value is -1.73. The minimum atomic E-state index is -0.501. The van der Waals surface area contributed by atoms with Gasteiger partial charge in [-0.05, 0) is 88.9 Å². The predicted octanol–water partition coefficient (Wildman–Crippen LogP) is 3.29. The second kappa shape index (κ2) is 8.90. The van der Waals surface area contributed by atoms with Gasteiger partial charge in [-0.1, -0.05) is 0 Å². The monoisotopic (exact) mass is 443 g/mol. The molecule has 1 amide bonds. The molecule has 4 bridgehead atoms. The van der Waals surface area contributed by atoms with Gasteiger partial charge in [0.15, 0.2) is 0 Å². The summed E-state index contributed by atoms with van der Waals surface area (Å²) in [7, 11) is 0. The van der Waals surface area contributed by atoms with E-state index in [1.54, 1.807) is 6.20 Å². The SMILES string of the molecule is CC(C)Oc1nc(CCCC2CCOC2)ncc1C(=O)NC1C2CC3CC1CC(O)(C3)C2. The Kier molecular flexibility index (Phi) is 6.14. The number of nitrogens with zero attached hydrogens (tertiary/aromatic N) is 2. The van der Waals surface area contributed by atoms with Crippen LogP contribution >= 0.6 is 0 Å². The zero-order valence-corrected chi connectivity index (χ0v) is 19.4. The summed E-state index contributed by atoms with van der Waals surface area (Å²) in [4.78, 5) is 22.4. The first-order valence-electron chi connectivity index (χ1n) is 12.5. The van der Waals surface area contributed by atoms with Crippen molar-refractivity contribution in [3.05, 3.63) is 17.6 Å². The van der Waals surface area contributed by atoms with Crippen molar-refractivity contribution in [1.82, 2.24) is 15.3 Å². The maximum Gasteiger partial charge on any atom is 0.258 e. The van der Waals surface area contributed by atoms with Crippen molar-refractivity contribution in [3.63, 3.8) is 0 Å². The highest BCUT2D eigenvalue weighted by atomic mass is 16.5. The highest BCUT2D eigenvalue weighted by Crippen LogP contribution is 2.55. The molecule has 2 heterocycles. The number of aryl methyl sites for hydroxylation is 1. The van der Waals surface area contributed by atoms with Crippen molar-refractivity contribution in [3.8, 4) is 5.88 Å². The van der Waals surface area contributed by atoms with Crippen molar-refractivity contribution in [2.45, 2.75) is 89.4 Å². The zero-order chi connectivity index (χ0) is 22.3. The minimum Gasteiger partial charge on any atom is -0.474 e. The van der Waals surface area contributed by atoms with E-state index < -0.39 is 5.60 Å². The summed E-state index contributed by atoms with van der Waals surface area (Å²) < 4.78 is 11.4. The molecule has 4 aliphatic carbocycles. The molecular weight excluding hydrogens is 406 g/mol. The Labute approximate surface area is 190 Å². The van der Waals surface area contributed by atoms with Crippen LogP contribution in [0.15, 0.2) is 6.20 Å². The first-order valence-corrected chi connectivity index (χ1v) is 12.5. The van der Waals surface area contributed by atoms with Crippen molar-refractivity contribution in [1.29, 1.82) is 0 Å². The van der Waals surface area contributed by atoms with Gasteiger partial charge in [-0.2, -0.15) is 4.98 Å². The molecule has 1 saturated heterocycles. The lowest BCUT2D eigenvalue weighted by Gasteiger charge is -2.58. The van der Waals surface area contributed by atoms with E-state index in [0.717, 1.165) is 76.8 Å². The number of nitrogens with one attached hydrogen (secondary N) is 1. The average Bonchev–Trinajstić information content (AvgIpc) is 3.22. The van der Waals surface area contributed by atoms with Crippen molar-refractivity contribution < 1.29 is 19.4 Å². The Morgan fingerprint density at radius 3 is 2.75 bits per heavy atom. The number of carbonyl (C=O) groups is 1. The Morgan fingerprint density at radius 1 is 1.31 bits per heavy atom. The quantitative estimate of drug-likeness (QED) is 0.640. The number of aromatic nitrogens is 2. The highest BCUT2D eigenvalue weighted by Gasteiger charge is 2.55. The number of amides is 1. The maximum atomic E-state index is 13.3. The molecule has 0 spiro atoms. The molecule has 1 aromatic rings. The van der Waals surface area contributed by atoms with Crippen LogP contribution in [0, 0.1) is 23.7 Å². The van der Waals surface area contributed by atoms with Crippen LogP contribution < -0.4 is 10.1 Å². The second-order valence-corrected chi connectivity index (χ2v) is 11.0. The summed E-state index contributed by atoms with van der Waals surface area (Å²) >= 11 is 0. The molecule has 0 aromatic carbocycles. The van der Waals surface area contributed by atoms with E-state index in [2.05, 4.69) is 15.3 Å². The van der Waals surface area contributed by atoms with Gasteiger partial charge in [-0.15, -0.1) is 0 Å². The van der Waals surface area contributed by atoms with Crippen LogP contribution in [-0.2, 0) is 11.2 Å². The molecule has 7 nitrogen and oxygen atoms in total. The number of hydrogen-bond acceptors (Lipinski definition) is 6. The van der Waals surface area contributed by atoms with E-state index in [1.807, 2.05) is 13.8 Å². The third kappa shape index (κ3) is 4.65. The zero-order valence-electron chi connectivity index (χ0n) is 19.4. The lowest BCUT2D eigenvalue weighted by Crippen LogP contribution is -2.61. The van der Waals surface area contributed by atoms with Gasteiger partial charge in [0.05, 0.1) is 11.7 Å². The predicted molar refractivity (Wildman–Crippen MR) is 119 cm³/mol. The minimum absolute atomic E-state index is 0.0737. The Morgan fingerprint density at radius 2 is 2.09 bits per heavy atom. The maximum absolute atomic E-state index is 13.3. The second-order valence-electron chi connectivity index (χ2n) is 11.0. The van der Waals surface area contributed by atoms with Gasteiger partial charge in [-0.3, -0.25) is 4.79 Å². The van der Waals surface area contributed by atoms with Crippen molar-refractivity contribution >= 4 is 5.91 Å². The largest absolute Gasteiger partial charge is 0.474 e. The fraction of sp³-hybridized carbons (Fsp3) is 0.800. The van der Waals surface area contributed by atoms with E-state index in [-0.39, 0.29) is 18.1 Å². The lowest BCUT2D eigenvalue weighted by molar-refractivity contribution is -0.136. The van der Waals surface area contributed by atoms with E-state index in [4.69, 9.17) is 9.47 Å². The van der Waals surface area contributed by atoms with Gasteiger partial charge >= 0.3 is 0 Å². The molecule has 5 fully saturated rings. The van der Waals surface area contributed by atoms with Gasteiger partial charge in [0, 0.05) is 31.9 Å². The van der Waals surface area contributed by atoms with E-state index in [9.17, 15) is 9.90 Å². The van der Waals surface area contributed by atoms with Gasteiger partial charge in [0.25, 0.3) is 5.91 Å². The molecule has 176 valence electrons. The summed E-state index contributed by atoms with van der Waals surface area (Å²) in [5.74, 6) is 2.95. The molecule has 1 aliphatic heterocycles. The molecule has 32 heavy (non-hydrogen) atoms. The molecule has 7 heteroatoms. The molecule has 0 radical (unpaired) electrons. The van der Waals surface area contributed by atoms with Crippen LogP contribution in [0.3, 0.4) is 0 Å². The number of carbonyl (C=O) groups excluding carboxylic acids is 1. The smallest absolute Gasteiger partial charge is 0.258 e. The van der Waals surface area contributed by atoms with Crippen LogP contribution in [0.1, 0.15) is 81.4 Å². The summed E-state index contributed by atoms with van der Waals surface area (Å²) in [6, 6.07) is 0.125. The van der Waals surface area contributed by atoms with E-state index in [0.29, 0.717) is 35.1 Å². The normalized spacial score (nSPS) is 35.4. The number of hydrogen-bond donors (Lipinski definition) is 2. The Balaban J connectivity index is 1.26. The molecular formula is C25H37N3O4. The van der Waals surface area contributed by atoms with Crippen LogP contribution in [0.25, 0.3) is 0 Å². The van der Waals surface area contributed by atoms with Gasteiger partial charge in [-0.25, -0.2) is 4.98 Å². The third-order valence-corrected chi connectivity index (χ3v) is 7.97. The van der Waals surface area contributed by atoms with Crippen LogP contribution in [0.2, 0.25) is 0 Å². The van der Waals surface area contributed by atoms with Crippen LogP contribution in [-0.4, -0.2) is 51.9 Å². The summed E-state index contributed by atoms with van der Waals surface area (Å²) in [5, 5.41) is 14.1. The number of rotatable bonds is 8. The molecule has 2 N–H and O–H groups in total. The van der Waals surface area contributed by atoms with Crippen LogP contribution in [0.4, 0.5) is 0 Å². The van der Waals surface area contributed by atoms with Gasteiger partial charge in [0.2, 0.25) is 5.88 Å².